The molecule has 18 heavy (non-hydrogen) atoms. The molecule has 1 aliphatic rings. The average molecular weight is 246 g/mol. The molecule has 1 atom stereocenters. The summed E-state index contributed by atoms with van der Waals surface area (Å²) >= 11 is 0. The Kier molecular flexibility index (Phi) is 4.76. The highest BCUT2D eigenvalue weighted by atomic mass is 16.2. The summed E-state index contributed by atoms with van der Waals surface area (Å²) in [5.74, 6) is 0.305. The Morgan fingerprint density at radius 1 is 1.39 bits per heavy atom. The largest absolute Gasteiger partial charge is 0.340 e. The first kappa shape index (κ1) is 13.1. The molecule has 1 aliphatic heterocycles. The molecular formula is C15H22N2O. The van der Waals surface area contributed by atoms with Crippen molar-refractivity contribution in [3.05, 3.63) is 35.9 Å². The Morgan fingerprint density at radius 3 is 2.89 bits per heavy atom. The Bertz CT molecular complexity index is 377. The van der Waals surface area contributed by atoms with Crippen LogP contribution in [0.2, 0.25) is 0 Å². The molecule has 1 amide bonds. The Hall–Kier alpha value is -1.35. The molecular weight excluding hydrogens is 224 g/mol. The third-order valence-corrected chi connectivity index (χ3v) is 3.42. The van der Waals surface area contributed by atoms with Crippen molar-refractivity contribution < 1.29 is 4.79 Å². The maximum atomic E-state index is 12.0. The van der Waals surface area contributed by atoms with Crippen molar-refractivity contribution >= 4 is 5.91 Å². The summed E-state index contributed by atoms with van der Waals surface area (Å²) < 4.78 is 0. The molecule has 0 aliphatic carbocycles. The van der Waals surface area contributed by atoms with E-state index >= 15 is 0 Å². The number of hydrogen-bond donors (Lipinski definition) is 1. The van der Waals surface area contributed by atoms with Crippen LogP contribution < -0.4 is 5.32 Å². The molecule has 1 fully saturated rings. The molecule has 2 rings (SSSR count). The molecule has 3 nitrogen and oxygen atoms in total. The lowest BCUT2D eigenvalue weighted by molar-refractivity contribution is -0.132. The van der Waals surface area contributed by atoms with Gasteiger partial charge in [-0.1, -0.05) is 30.3 Å². The lowest BCUT2D eigenvalue weighted by Gasteiger charge is -2.32. The van der Waals surface area contributed by atoms with Crippen molar-refractivity contribution in [3.8, 4) is 0 Å². The summed E-state index contributed by atoms with van der Waals surface area (Å²) in [7, 11) is 0. The summed E-state index contributed by atoms with van der Waals surface area (Å²) in [5, 5.41) is 3.35. The Morgan fingerprint density at radius 2 is 2.17 bits per heavy atom. The highest BCUT2D eigenvalue weighted by Gasteiger charge is 2.19. The van der Waals surface area contributed by atoms with E-state index in [4.69, 9.17) is 0 Å². The second-order valence-electron chi connectivity index (χ2n) is 5.03. The minimum Gasteiger partial charge on any atom is -0.340 e. The zero-order valence-corrected chi connectivity index (χ0v) is 11.1. The number of carbonyl (C=O) groups excluding carboxylic acids is 1. The maximum absolute atomic E-state index is 12.0. The van der Waals surface area contributed by atoms with Gasteiger partial charge in [0.05, 0.1) is 0 Å². The smallest absolute Gasteiger partial charge is 0.222 e. The minimum atomic E-state index is 0.305. The topological polar surface area (TPSA) is 32.3 Å². The first-order chi connectivity index (χ1) is 8.75. The molecule has 3 heteroatoms. The number of benzene rings is 1. The first-order valence-electron chi connectivity index (χ1n) is 6.81. The van der Waals surface area contributed by atoms with E-state index in [1.54, 1.807) is 0 Å². The van der Waals surface area contributed by atoms with Crippen molar-refractivity contribution in [1.82, 2.24) is 10.2 Å². The van der Waals surface area contributed by atoms with Gasteiger partial charge in [0.25, 0.3) is 0 Å². The first-order valence-corrected chi connectivity index (χ1v) is 6.81. The fraction of sp³-hybridized carbons (Fsp3) is 0.533. The van der Waals surface area contributed by atoms with Crippen LogP contribution >= 0.6 is 0 Å². The summed E-state index contributed by atoms with van der Waals surface area (Å²) in [5.41, 5.74) is 1.32. The normalized spacial score (nSPS) is 19.8. The number of carbonyl (C=O) groups is 1. The fourth-order valence-electron chi connectivity index (χ4n) is 2.41. The number of piperazine rings is 1. The van der Waals surface area contributed by atoms with Crippen LogP contribution in [0.1, 0.15) is 25.3 Å². The van der Waals surface area contributed by atoms with E-state index < -0.39 is 0 Å². The molecule has 1 heterocycles. The molecule has 0 aromatic heterocycles. The van der Waals surface area contributed by atoms with E-state index in [9.17, 15) is 4.79 Å². The molecule has 1 aromatic carbocycles. The van der Waals surface area contributed by atoms with E-state index in [1.165, 1.54) is 5.56 Å². The second kappa shape index (κ2) is 6.55. The van der Waals surface area contributed by atoms with Crippen LogP contribution in [0.4, 0.5) is 0 Å². The maximum Gasteiger partial charge on any atom is 0.222 e. The molecule has 0 bridgehead atoms. The number of nitrogens with zero attached hydrogens (tertiary/aromatic N) is 1. The third kappa shape index (κ3) is 3.84. The van der Waals surface area contributed by atoms with Gasteiger partial charge >= 0.3 is 0 Å². The Balaban J connectivity index is 1.71. The molecule has 98 valence electrons. The molecule has 1 saturated heterocycles. The van der Waals surface area contributed by atoms with E-state index in [1.807, 2.05) is 11.0 Å². The van der Waals surface area contributed by atoms with E-state index in [2.05, 4.69) is 36.5 Å². The SMILES string of the molecule is C[C@@H]1CN(C(=O)CCCc2ccccc2)CCN1. The predicted octanol–water partition coefficient (Wildman–Crippen LogP) is 1.83. The number of amides is 1. The van der Waals surface area contributed by atoms with Gasteiger partial charge in [0.1, 0.15) is 0 Å². The van der Waals surface area contributed by atoms with Gasteiger partial charge in [-0.05, 0) is 25.3 Å². The molecule has 0 spiro atoms. The highest BCUT2D eigenvalue weighted by molar-refractivity contribution is 5.76. The van der Waals surface area contributed by atoms with Crippen LogP contribution in [-0.4, -0.2) is 36.5 Å². The van der Waals surface area contributed by atoms with Crippen molar-refractivity contribution in [1.29, 1.82) is 0 Å². The van der Waals surface area contributed by atoms with Gasteiger partial charge in [0.2, 0.25) is 5.91 Å². The van der Waals surface area contributed by atoms with Gasteiger partial charge in [-0.25, -0.2) is 0 Å². The minimum absolute atomic E-state index is 0.305. The summed E-state index contributed by atoms with van der Waals surface area (Å²) in [6, 6.07) is 10.8. The monoisotopic (exact) mass is 246 g/mol. The van der Waals surface area contributed by atoms with Crippen molar-refractivity contribution in [3.63, 3.8) is 0 Å². The van der Waals surface area contributed by atoms with E-state index in [0.29, 0.717) is 18.4 Å². The van der Waals surface area contributed by atoms with Gasteiger partial charge < -0.3 is 10.2 Å². The Labute approximate surface area is 109 Å². The van der Waals surface area contributed by atoms with Crippen LogP contribution in [0.5, 0.6) is 0 Å². The van der Waals surface area contributed by atoms with Crippen LogP contribution in [0.25, 0.3) is 0 Å². The quantitative estimate of drug-likeness (QED) is 0.879. The van der Waals surface area contributed by atoms with Gasteiger partial charge in [0.15, 0.2) is 0 Å². The van der Waals surface area contributed by atoms with Gasteiger partial charge in [-0.3, -0.25) is 4.79 Å². The molecule has 0 unspecified atom stereocenters. The van der Waals surface area contributed by atoms with Gasteiger partial charge in [-0.15, -0.1) is 0 Å². The summed E-state index contributed by atoms with van der Waals surface area (Å²) in [6.45, 7) is 4.76. The van der Waals surface area contributed by atoms with Gasteiger partial charge in [-0.2, -0.15) is 0 Å². The van der Waals surface area contributed by atoms with Crippen LogP contribution in [0.3, 0.4) is 0 Å². The second-order valence-corrected chi connectivity index (χ2v) is 5.03. The lowest BCUT2D eigenvalue weighted by Crippen LogP contribution is -2.51. The number of aryl methyl sites for hydroxylation is 1. The number of nitrogens with one attached hydrogen (secondary N) is 1. The molecule has 0 saturated carbocycles. The van der Waals surface area contributed by atoms with Crippen LogP contribution in [0, 0.1) is 0 Å². The molecule has 1 aromatic rings. The fourth-order valence-corrected chi connectivity index (χ4v) is 2.41. The molecule has 0 radical (unpaired) electrons. The lowest BCUT2D eigenvalue weighted by atomic mass is 10.1. The summed E-state index contributed by atoms with van der Waals surface area (Å²) in [6.07, 6.45) is 2.61. The van der Waals surface area contributed by atoms with Gasteiger partial charge in [0, 0.05) is 32.1 Å². The molecule has 1 N–H and O–H groups in total. The van der Waals surface area contributed by atoms with Crippen LogP contribution in [0.15, 0.2) is 30.3 Å². The van der Waals surface area contributed by atoms with E-state index in [-0.39, 0.29) is 0 Å². The summed E-state index contributed by atoms with van der Waals surface area (Å²) in [4.78, 5) is 14.0. The zero-order valence-electron chi connectivity index (χ0n) is 11.1. The number of rotatable bonds is 4. The highest BCUT2D eigenvalue weighted by Crippen LogP contribution is 2.08. The van der Waals surface area contributed by atoms with Crippen molar-refractivity contribution in [2.75, 3.05) is 19.6 Å². The average Bonchev–Trinajstić information content (AvgIpc) is 2.40. The van der Waals surface area contributed by atoms with Crippen molar-refractivity contribution in [2.24, 2.45) is 0 Å². The number of hydrogen-bond acceptors (Lipinski definition) is 2. The van der Waals surface area contributed by atoms with Crippen LogP contribution in [-0.2, 0) is 11.2 Å². The standard InChI is InChI=1S/C15H22N2O/c1-13-12-17(11-10-16-13)15(18)9-5-8-14-6-3-2-4-7-14/h2-4,6-7,13,16H,5,8-12H2,1H3/t13-/m1/s1. The predicted molar refractivity (Wildman–Crippen MR) is 73.4 cm³/mol. The van der Waals surface area contributed by atoms with E-state index in [0.717, 1.165) is 32.5 Å². The van der Waals surface area contributed by atoms with Crippen molar-refractivity contribution in [2.45, 2.75) is 32.2 Å². The third-order valence-electron chi connectivity index (χ3n) is 3.42. The zero-order chi connectivity index (χ0) is 12.8.